The average Bonchev–Trinajstić information content (AvgIpc) is 2.00. The summed E-state index contributed by atoms with van der Waals surface area (Å²) in [5.41, 5.74) is 0.838. The molecule has 0 aromatic heterocycles. The third-order valence-corrected chi connectivity index (χ3v) is 4.31. The number of nitrogens with one attached hydrogen (secondary N) is 1. The van der Waals surface area contributed by atoms with E-state index >= 15 is 0 Å². The van der Waals surface area contributed by atoms with Gasteiger partial charge in [-0.2, -0.15) is 0 Å². The summed E-state index contributed by atoms with van der Waals surface area (Å²) in [6, 6.07) is 0. The molecule has 1 aliphatic rings. The Morgan fingerprint density at radius 2 is 1.69 bits per heavy atom. The minimum absolute atomic E-state index is 0.357. The Morgan fingerprint density at radius 3 is 2.08 bits per heavy atom. The third-order valence-electron chi connectivity index (χ3n) is 4.31. The second kappa shape index (κ2) is 3.27. The minimum Gasteiger partial charge on any atom is -0.315 e. The lowest BCUT2D eigenvalue weighted by Gasteiger charge is -2.50. The van der Waals surface area contributed by atoms with E-state index in [1.807, 2.05) is 0 Å². The van der Waals surface area contributed by atoms with Crippen LogP contribution >= 0.6 is 0 Å². The molecule has 1 saturated carbocycles. The number of rotatable bonds is 1. The van der Waals surface area contributed by atoms with Crippen LogP contribution in [0.25, 0.3) is 0 Å². The van der Waals surface area contributed by atoms with Gasteiger partial charge in [-0.3, -0.25) is 0 Å². The maximum atomic E-state index is 3.49. The van der Waals surface area contributed by atoms with Gasteiger partial charge in [-0.1, -0.05) is 27.7 Å². The highest BCUT2D eigenvalue weighted by Crippen LogP contribution is 2.47. The fourth-order valence-electron chi connectivity index (χ4n) is 3.09. The molecule has 0 aromatic rings. The van der Waals surface area contributed by atoms with Gasteiger partial charge in [-0.05, 0) is 44.1 Å². The van der Waals surface area contributed by atoms with Crippen molar-refractivity contribution in [3.63, 3.8) is 0 Å². The molecule has 13 heavy (non-hydrogen) atoms. The standard InChI is InChI=1S/C12H25N/c1-9-7-12(5,13-6)8-11(3,4)10(9)2/h9-10,13H,7-8H2,1-6H3. The summed E-state index contributed by atoms with van der Waals surface area (Å²) in [5.74, 6) is 1.68. The van der Waals surface area contributed by atoms with Crippen molar-refractivity contribution in [2.75, 3.05) is 7.05 Å². The van der Waals surface area contributed by atoms with E-state index in [0.717, 1.165) is 11.8 Å². The minimum atomic E-state index is 0.357. The van der Waals surface area contributed by atoms with Crippen LogP contribution in [-0.4, -0.2) is 12.6 Å². The fraction of sp³-hybridized carbons (Fsp3) is 1.00. The van der Waals surface area contributed by atoms with Crippen LogP contribution < -0.4 is 5.32 Å². The van der Waals surface area contributed by atoms with Crippen molar-refractivity contribution in [3.05, 3.63) is 0 Å². The highest BCUT2D eigenvalue weighted by molar-refractivity contribution is 4.98. The Morgan fingerprint density at radius 1 is 1.15 bits per heavy atom. The summed E-state index contributed by atoms with van der Waals surface area (Å²) in [6.07, 6.45) is 2.61. The third kappa shape index (κ3) is 2.07. The Kier molecular flexibility index (Phi) is 2.78. The second-order valence-corrected chi connectivity index (χ2v) is 5.95. The van der Waals surface area contributed by atoms with Crippen LogP contribution in [0, 0.1) is 17.3 Å². The molecule has 0 aromatic carbocycles. The fourth-order valence-corrected chi connectivity index (χ4v) is 3.09. The lowest BCUT2D eigenvalue weighted by Crippen LogP contribution is -2.51. The van der Waals surface area contributed by atoms with E-state index in [-0.39, 0.29) is 0 Å². The summed E-state index contributed by atoms with van der Waals surface area (Å²) in [6.45, 7) is 12.0. The number of hydrogen-bond acceptors (Lipinski definition) is 1. The molecular weight excluding hydrogens is 158 g/mol. The first kappa shape index (κ1) is 11.0. The van der Waals surface area contributed by atoms with Crippen molar-refractivity contribution in [2.45, 2.75) is 53.0 Å². The molecule has 0 saturated heterocycles. The zero-order valence-corrected chi connectivity index (χ0v) is 10.1. The Bertz CT molecular complexity index is 183. The molecule has 1 fully saturated rings. The molecule has 0 radical (unpaired) electrons. The predicted molar refractivity (Wildman–Crippen MR) is 58.8 cm³/mol. The molecule has 1 heteroatoms. The molecule has 1 N–H and O–H groups in total. The van der Waals surface area contributed by atoms with E-state index in [1.165, 1.54) is 12.8 Å². The zero-order chi connectivity index (χ0) is 10.3. The molecule has 1 nitrogen and oxygen atoms in total. The molecule has 0 bridgehead atoms. The molecule has 78 valence electrons. The predicted octanol–water partition coefficient (Wildman–Crippen LogP) is 3.06. The zero-order valence-electron chi connectivity index (χ0n) is 10.1. The second-order valence-electron chi connectivity index (χ2n) is 5.95. The molecule has 3 unspecified atom stereocenters. The Balaban J connectivity index is 2.81. The van der Waals surface area contributed by atoms with E-state index < -0.39 is 0 Å². The normalized spacial score (nSPS) is 44.8. The van der Waals surface area contributed by atoms with Crippen LogP contribution in [0.4, 0.5) is 0 Å². The molecular formula is C12H25N. The summed E-state index contributed by atoms with van der Waals surface area (Å²) in [7, 11) is 2.10. The van der Waals surface area contributed by atoms with Gasteiger partial charge in [0.25, 0.3) is 0 Å². The molecule has 0 amide bonds. The first-order valence-electron chi connectivity index (χ1n) is 5.50. The summed E-state index contributed by atoms with van der Waals surface area (Å²) in [5, 5.41) is 3.49. The van der Waals surface area contributed by atoms with Crippen molar-refractivity contribution in [1.29, 1.82) is 0 Å². The van der Waals surface area contributed by atoms with Gasteiger partial charge < -0.3 is 5.32 Å². The van der Waals surface area contributed by atoms with Crippen molar-refractivity contribution in [1.82, 2.24) is 5.32 Å². The van der Waals surface area contributed by atoms with Gasteiger partial charge in [0.05, 0.1) is 0 Å². The van der Waals surface area contributed by atoms with Crippen LogP contribution in [0.1, 0.15) is 47.5 Å². The summed E-state index contributed by atoms with van der Waals surface area (Å²) >= 11 is 0. The van der Waals surface area contributed by atoms with Crippen molar-refractivity contribution in [2.24, 2.45) is 17.3 Å². The van der Waals surface area contributed by atoms with E-state index in [4.69, 9.17) is 0 Å². The number of hydrogen-bond donors (Lipinski definition) is 1. The SMILES string of the molecule is CNC1(C)CC(C)C(C)C(C)(C)C1. The average molecular weight is 183 g/mol. The van der Waals surface area contributed by atoms with Gasteiger partial charge in [-0.25, -0.2) is 0 Å². The lowest BCUT2D eigenvalue weighted by atomic mass is 9.59. The monoisotopic (exact) mass is 183 g/mol. The van der Waals surface area contributed by atoms with E-state index in [0.29, 0.717) is 11.0 Å². The molecule has 1 aliphatic carbocycles. The van der Waals surface area contributed by atoms with E-state index in [2.05, 4.69) is 47.0 Å². The van der Waals surface area contributed by atoms with Crippen LogP contribution in [0.3, 0.4) is 0 Å². The Hall–Kier alpha value is -0.0400. The highest BCUT2D eigenvalue weighted by atomic mass is 14.9. The van der Waals surface area contributed by atoms with Crippen molar-refractivity contribution < 1.29 is 0 Å². The van der Waals surface area contributed by atoms with Gasteiger partial charge in [0, 0.05) is 5.54 Å². The lowest BCUT2D eigenvalue weighted by molar-refractivity contribution is 0.0344. The molecule has 1 rings (SSSR count). The first-order valence-corrected chi connectivity index (χ1v) is 5.50. The maximum absolute atomic E-state index is 3.49. The first-order chi connectivity index (χ1) is 5.81. The largest absolute Gasteiger partial charge is 0.315 e. The van der Waals surface area contributed by atoms with Crippen molar-refractivity contribution in [3.8, 4) is 0 Å². The van der Waals surface area contributed by atoms with Crippen molar-refractivity contribution >= 4 is 0 Å². The topological polar surface area (TPSA) is 12.0 Å². The van der Waals surface area contributed by atoms with Gasteiger partial charge >= 0.3 is 0 Å². The van der Waals surface area contributed by atoms with E-state index in [1.54, 1.807) is 0 Å². The Labute approximate surface area is 83.3 Å². The van der Waals surface area contributed by atoms with Gasteiger partial charge in [0.2, 0.25) is 0 Å². The quantitative estimate of drug-likeness (QED) is 0.659. The van der Waals surface area contributed by atoms with Gasteiger partial charge in [0.1, 0.15) is 0 Å². The summed E-state index contributed by atoms with van der Waals surface area (Å²) < 4.78 is 0. The summed E-state index contributed by atoms with van der Waals surface area (Å²) in [4.78, 5) is 0. The van der Waals surface area contributed by atoms with Crippen LogP contribution in [0.5, 0.6) is 0 Å². The molecule has 0 heterocycles. The van der Waals surface area contributed by atoms with Crippen LogP contribution in [0.15, 0.2) is 0 Å². The van der Waals surface area contributed by atoms with Gasteiger partial charge in [0.15, 0.2) is 0 Å². The van der Waals surface area contributed by atoms with Crippen LogP contribution in [-0.2, 0) is 0 Å². The molecule has 0 aliphatic heterocycles. The van der Waals surface area contributed by atoms with Crippen LogP contribution in [0.2, 0.25) is 0 Å². The smallest absolute Gasteiger partial charge is 0.0158 e. The van der Waals surface area contributed by atoms with Gasteiger partial charge in [-0.15, -0.1) is 0 Å². The maximum Gasteiger partial charge on any atom is 0.0158 e. The highest BCUT2D eigenvalue weighted by Gasteiger charge is 2.43. The molecule has 3 atom stereocenters. The molecule has 0 spiro atoms. The van der Waals surface area contributed by atoms with E-state index in [9.17, 15) is 0 Å².